The van der Waals surface area contributed by atoms with Gasteiger partial charge in [0, 0.05) is 56.9 Å². The number of furan rings is 1. The van der Waals surface area contributed by atoms with Crippen LogP contribution in [0.5, 0.6) is 0 Å². The van der Waals surface area contributed by atoms with E-state index in [-0.39, 0.29) is 25.7 Å². The van der Waals surface area contributed by atoms with Crippen LogP contribution in [0, 0.1) is 28.1 Å². The Labute approximate surface area is 304 Å². The van der Waals surface area contributed by atoms with Crippen LogP contribution >= 0.6 is 0 Å². The van der Waals surface area contributed by atoms with E-state index in [4.69, 9.17) is 37.6 Å². The number of hydrogen-bond acceptors (Lipinski definition) is 16. The van der Waals surface area contributed by atoms with Crippen molar-refractivity contribution in [3.8, 4) is 0 Å². The normalized spacial score (nSPS) is 50.0. The predicted molar refractivity (Wildman–Crippen MR) is 171 cm³/mol. The van der Waals surface area contributed by atoms with Gasteiger partial charge in [0.1, 0.15) is 41.7 Å². The number of carbonyl (C=O) groups is 5. The zero-order chi connectivity index (χ0) is 38.5. The smallest absolute Gasteiger partial charge is 0.306 e. The molecular formula is C37H46O16. The Morgan fingerprint density at radius 2 is 1.66 bits per heavy atom. The molecular weight excluding hydrogens is 700 g/mol. The summed E-state index contributed by atoms with van der Waals surface area (Å²) in [6.07, 6.45) is -6.11. The van der Waals surface area contributed by atoms with Gasteiger partial charge in [-0.1, -0.05) is 27.7 Å². The summed E-state index contributed by atoms with van der Waals surface area (Å²) < 4.78 is 49.5. The van der Waals surface area contributed by atoms with Crippen LogP contribution in [0.4, 0.5) is 0 Å². The number of rotatable bonds is 8. The van der Waals surface area contributed by atoms with Crippen molar-refractivity contribution in [3.63, 3.8) is 0 Å². The Hall–Kier alpha value is -3.57. The van der Waals surface area contributed by atoms with E-state index in [2.05, 4.69) is 0 Å². The van der Waals surface area contributed by atoms with Gasteiger partial charge < -0.3 is 52.9 Å². The molecule has 0 radical (unpaired) electrons. The first kappa shape index (κ1) is 36.4. The van der Waals surface area contributed by atoms with Crippen LogP contribution in [0.2, 0.25) is 0 Å². The van der Waals surface area contributed by atoms with Crippen molar-refractivity contribution in [3.05, 3.63) is 24.2 Å². The second kappa shape index (κ2) is 10.8. The van der Waals surface area contributed by atoms with E-state index in [9.17, 15) is 39.3 Å². The molecule has 53 heavy (non-hydrogen) atoms. The van der Waals surface area contributed by atoms with Crippen molar-refractivity contribution < 1.29 is 76.9 Å². The molecule has 15 atom stereocenters. The minimum Gasteiger partial charge on any atom is -0.472 e. The molecule has 1 unspecified atom stereocenters. The van der Waals surface area contributed by atoms with E-state index in [0.717, 1.165) is 13.8 Å². The molecule has 4 bridgehead atoms. The Morgan fingerprint density at radius 3 is 2.25 bits per heavy atom. The van der Waals surface area contributed by atoms with Crippen LogP contribution in [-0.2, 0) is 57.1 Å². The SMILES string of the molecule is CCC(=O)O[C@H]1[C@@H](OC(C)=O)[C@@]2(O)[C@@]34OC(CC)(C[C@@H]3[C@]1(C)[C@@H](OC(C)=O)c1ccoc1)O[C@@H]4[C@@]1(O)[C@@H](OC(C)=O)[C@@]3(C)C[C@@]1(O)[C@]21COC(=O)C[C@@H]31. The average Bonchev–Trinajstić information content (AvgIpc) is 3.89. The number of cyclic esters (lactones) is 1. The first-order chi connectivity index (χ1) is 24.7. The first-order valence-electron chi connectivity index (χ1n) is 18.2. The van der Waals surface area contributed by atoms with Crippen LogP contribution in [0.25, 0.3) is 0 Å². The molecule has 1 aromatic heterocycles. The molecule has 0 amide bonds. The third-order valence-corrected chi connectivity index (χ3v) is 14.5. The van der Waals surface area contributed by atoms with Crippen molar-refractivity contribution in [2.24, 2.45) is 28.1 Å². The lowest BCUT2D eigenvalue weighted by atomic mass is 9.32. The van der Waals surface area contributed by atoms with E-state index in [0.29, 0.717) is 5.56 Å². The molecule has 7 fully saturated rings. The Kier molecular flexibility index (Phi) is 7.42. The molecule has 290 valence electrons. The van der Waals surface area contributed by atoms with Crippen LogP contribution in [0.15, 0.2) is 23.0 Å². The van der Waals surface area contributed by atoms with E-state index < -0.39 is 130 Å². The highest BCUT2D eigenvalue weighted by Crippen LogP contribution is 2.87. The highest BCUT2D eigenvalue weighted by Gasteiger charge is 3.04. The molecule has 4 aliphatic carbocycles. The molecule has 2 spiro atoms. The maximum Gasteiger partial charge on any atom is 0.306 e. The summed E-state index contributed by atoms with van der Waals surface area (Å²) in [4.78, 5) is 66.0. The minimum absolute atomic E-state index is 0.0358. The number of esters is 5. The zero-order valence-corrected chi connectivity index (χ0v) is 30.7. The lowest BCUT2D eigenvalue weighted by Gasteiger charge is -2.77. The van der Waals surface area contributed by atoms with Gasteiger partial charge in [0.15, 0.2) is 23.6 Å². The molecule has 16 heteroatoms. The third kappa shape index (κ3) is 3.77. The molecule has 4 saturated carbocycles. The van der Waals surface area contributed by atoms with Crippen LogP contribution < -0.4 is 0 Å². The van der Waals surface area contributed by atoms with Crippen molar-refractivity contribution in [2.45, 2.75) is 139 Å². The summed E-state index contributed by atoms with van der Waals surface area (Å²) in [5.74, 6) is -7.63. The summed E-state index contributed by atoms with van der Waals surface area (Å²) in [5, 5.41) is 41.2. The maximum absolute atomic E-state index is 14.3. The number of fused-ring (bicyclic) bond motifs is 4. The van der Waals surface area contributed by atoms with Crippen molar-refractivity contribution in [1.29, 1.82) is 0 Å². The van der Waals surface area contributed by atoms with Gasteiger partial charge in [0.25, 0.3) is 0 Å². The van der Waals surface area contributed by atoms with E-state index in [1.807, 2.05) is 0 Å². The summed E-state index contributed by atoms with van der Waals surface area (Å²) in [6.45, 7) is 9.41. The fourth-order valence-electron chi connectivity index (χ4n) is 12.9. The summed E-state index contributed by atoms with van der Waals surface area (Å²) in [5.41, 5.74) is -14.7. The predicted octanol–water partition coefficient (Wildman–Crippen LogP) is 1.55. The standard InChI is InChI=1S/C37H46O16/c1-8-23(41)51-26-27(49-18(4)39)37(45)33-16-47-24(42)12-21(33)30(6)15-34(33,43)35(44,28(30)50-19(5)40)29-36(37)22(13-32(9-2,52-29)53-36)31(26,7)25(48-17(3)38)20-10-11-46-14-20/h10-11,14,21-22,25-29,43-45H,8-9,12-13,15-16H2,1-7H3/t21-,22+,25-,26-,27+,28-,29+,30-,31+,32?,33+,34+,35-,36+,37-/m0/s1. The molecule has 4 heterocycles. The summed E-state index contributed by atoms with van der Waals surface area (Å²) >= 11 is 0. The highest BCUT2D eigenvalue weighted by molar-refractivity contribution is 5.74. The lowest BCUT2D eigenvalue weighted by molar-refractivity contribution is -0.450. The molecule has 3 aliphatic heterocycles. The van der Waals surface area contributed by atoms with Gasteiger partial charge in [-0.25, -0.2) is 0 Å². The van der Waals surface area contributed by atoms with Gasteiger partial charge in [-0.2, -0.15) is 0 Å². The van der Waals surface area contributed by atoms with Crippen LogP contribution in [-0.4, -0.2) is 104 Å². The van der Waals surface area contributed by atoms with Gasteiger partial charge in [-0.3, -0.25) is 24.0 Å². The summed E-state index contributed by atoms with van der Waals surface area (Å²) in [6, 6.07) is 1.56. The van der Waals surface area contributed by atoms with Gasteiger partial charge in [0.2, 0.25) is 0 Å². The second-order valence-electron chi connectivity index (χ2n) is 16.6. The van der Waals surface area contributed by atoms with Crippen molar-refractivity contribution >= 4 is 29.8 Å². The lowest BCUT2D eigenvalue weighted by Crippen LogP contribution is -2.97. The number of aliphatic hydroxyl groups is 3. The van der Waals surface area contributed by atoms with Gasteiger partial charge in [-0.15, -0.1) is 0 Å². The molecule has 1 aromatic rings. The molecule has 7 aliphatic rings. The second-order valence-corrected chi connectivity index (χ2v) is 16.6. The van der Waals surface area contributed by atoms with Gasteiger partial charge in [-0.05, 0) is 24.8 Å². The zero-order valence-electron chi connectivity index (χ0n) is 30.7. The Balaban J connectivity index is 1.52. The van der Waals surface area contributed by atoms with Gasteiger partial charge in [0.05, 0.1) is 23.4 Å². The molecule has 0 aromatic carbocycles. The summed E-state index contributed by atoms with van der Waals surface area (Å²) in [7, 11) is 0. The third-order valence-electron chi connectivity index (χ3n) is 14.5. The monoisotopic (exact) mass is 746 g/mol. The fourth-order valence-corrected chi connectivity index (χ4v) is 12.9. The molecule has 3 N–H and O–H groups in total. The maximum atomic E-state index is 14.3. The number of carbonyl (C=O) groups excluding carboxylic acids is 5. The highest BCUT2D eigenvalue weighted by atomic mass is 16.8. The Morgan fingerprint density at radius 1 is 0.962 bits per heavy atom. The minimum atomic E-state index is -2.67. The molecule has 8 rings (SSSR count). The van der Waals surface area contributed by atoms with Crippen LogP contribution in [0.1, 0.15) is 92.2 Å². The molecule has 3 saturated heterocycles. The number of hydrogen-bond donors (Lipinski definition) is 3. The van der Waals surface area contributed by atoms with Crippen LogP contribution in [0.3, 0.4) is 0 Å². The quantitative estimate of drug-likeness (QED) is 0.254. The van der Waals surface area contributed by atoms with Crippen molar-refractivity contribution in [2.75, 3.05) is 6.61 Å². The van der Waals surface area contributed by atoms with Crippen molar-refractivity contribution in [1.82, 2.24) is 0 Å². The first-order valence-corrected chi connectivity index (χ1v) is 18.2. The average molecular weight is 747 g/mol. The van der Waals surface area contributed by atoms with Gasteiger partial charge >= 0.3 is 29.8 Å². The van der Waals surface area contributed by atoms with E-state index in [1.165, 1.54) is 19.5 Å². The fraction of sp³-hybridized carbons (Fsp3) is 0.757. The van der Waals surface area contributed by atoms with E-state index >= 15 is 0 Å². The largest absolute Gasteiger partial charge is 0.472 e. The number of ether oxygens (including phenoxy) is 7. The topological polar surface area (TPSA) is 224 Å². The van der Waals surface area contributed by atoms with E-state index in [1.54, 1.807) is 33.8 Å². The Bertz CT molecular complexity index is 1800. The molecule has 16 nitrogen and oxygen atoms in total.